The molecule has 8 nitrogen and oxygen atoms in total. The van der Waals surface area contributed by atoms with Gasteiger partial charge in [-0.3, -0.25) is 9.55 Å². The summed E-state index contributed by atoms with van der Waals surface area (Å²) in [5.41, 5.74) is 1.75. The van der Waals surface area contributed by atoms with Gasteiger partial charge in [0.2, 0.25) is 5.88 Å². The molecule has 2 N–H and O–H groups in total. The summed E-state index contributed by atoms with van der Waals surface area (Å²) in [4.78, 5) is 19.8. The van der Waals surface area contributed by atoms with Crippen LogP contribution in [0.25, 0.3) is 16.6 Å². The quantitative estimate of drug-likeness (QED) is 0.611. The van der Waals surface area contributed by atoms with Crippen molar-refractivity contribution in [2.75, 3.05) is 13.1 Å². The Hall–Kier alpha value is -3.38. The molecule has 4 heterocycles. The van der Waals surface area contributed by atoms with Gasteiger partial charge in [0.15, 0.2) is 5.11 Å². The number of nitrogens with zero attached hydrogens (tertiary/aromatic N) is 5. The van der Waals surface area contributed by atoms with Crippen molar-refractivity contribution in [3.63, 3.8) is 0 Å². The Morgan fingerprint density at radius 2 is 2.23 bits per heavy atom. The summed E-state index contributed by atoms with van der Waals surface area (Å²) in [5.74, 6) is 0.382. The number of hydrogen-bond acceptors (Lipinski definition) is 5. The lowest BCUT2D eigenvalue weighted by Crippen LogP contribution is -2.44. The van der Waals surface area contributed by atoms with E-state index >= 15 is 0 Å². The Morgan fingerprint density at radius 1 is 1.42 bits per heavy atom. The number of benzene rings is 1. The lowest BCUT2D eigenvalue weighted by atomic mass is 10.1. The highest BCUT2D eigenvalue weighted by molar-refractivity contribution is 7.80. The summed E-state index contributed by atoms with van der Waals surface area (Å²) in [5, 5.41) is 25.2. The number of nitriles is 1. The zero-order valence-electron chi connectivity index (χ0n) is 17.2. The van der Waals surface area contributed by atoms with Gasteiger partial charge in [0.1, 0.15) is 11.8 Å². The molecule has 0 amide bonds. The monoisotopic (exact) mass is 434 g/mol. The molecule has 2 aliphatic heterocycles. The van der Waals surface area contributed by atoms with Crippen molar-refractivity contribution < 1.29 is 5.11 Å². The van der Waals surface area contributed by atoms with Crippen LogP contribution in [-0.4, -0.2) is 42.3 Å². The van der Waals surface area contributed by atoms with Gasteiger partial charge in [-0.2, -0.15) is 5.26 Å². The van der Waals surface area contributed by atoms with Crippen molar-refractivity contribution in [3.05, 3.63) is 52.2 Å². The van der Waals surface area contributed by atoms with Crippen molar-refractivity contribution >= 4 is 28.2 Å². The van der Waals surface area contributed by atoms with Crippen LogP contribution >= 0.6 is 12.2 Å². The number of hydrogen-bond donors (Lipinski definition) is 2. The second kappa shape index (κ2) is 7.10. The maximum absolute atomic E-state index is 13.4. The van der Waals surface area contributed by atoms with Gasteiger partial charge in [-0.1, -0.05) is 13.8 Å². The van der Waals surface area contributed by atoms with Gasteiger partial charge in [-0.25, -0.2) is 9.36 Å². The number of nitrogens with one attached hydrogen (secondary N) is 1. The van der Waals surface area contributed by atoms with Crippen LogP contribution in [0.5, 0.6) is 5.88 Å². The zero-order valence-corrected chi connectivity index (χ0v) is 18.1. The van der Waals surface area contributed by atoms with E-state index in [0.717, 1.165) is 13.0 Å². The van der Waals surface area contributed by atoms with E-state index < -0.39 is 0 Å². The Balaban J connectivity index is 1.61. The molecule has 0 aliphatic carbocycles. The van der Waals surface area contributed by atoms with Gasteiger partial charge >= 0.3 is 5.69 Å². The highest BCUT2D eigenvalue weighted by atomic mass is 32.1. The third-order valence-corrected chi connectivity index (χ3v) is 6.47. The molecule has 1 aromatic carbocycles. The van der Waals surface area contributed by atoms with Crippen LogP contribution < -0.4 is 11.0 Å². The van der Waals surface area contributed by atoms with Gasteiger partial charge in [0.05, 0.1) is 28.9 Å². The number of fused-ring (bicyclic) bond motifs is 6. The lowest BCUT2D eigenvalue weighted by Gasteiger charge is -2.30. The van der Waals surface area contributed by atoms with Gasteiger partial charge < -0.3 is 15.3 Å². The van der Waals surface area contributed by atoms with Crippen LogP contribution in [0, 0.1) is 17.2 Å². The maximum Gasteiger partial charge on any atom is 0.336 e. The van der Waals surface area contributed by atoms with Crippen molar-refractivity contribution in [1.82, 2.24) is 24.3 Å². The smallest absolute Gasteiger partial charge is 0.336 e. The maximum atomic E-state index is 13.4. The average molecular weight is 435 g/mol. The molecule has 1 unspecified atom stereocenters. The zero-order chi connectivity index (χ0) is 21.9. The van der Waals surface area contributed by atoms with Crippen molar-refractivity contribution in [2.24, 2.45) is 5.92 Å². The molecule has 2 atom stereocenters. The summed E-state index contributed by atoms with van der Waals surface area (Å²) in [6, 6.07) is 8.82. The molecule has 1 saturated heterocycles. The molecule has 0 saturated carbocycles. The molecule has 2 aliphatic rings. The van der Waals surface area contributed by atoms with E-state index in [1.807, 2.05) is 0 Å². The predicted octanol–water partition coefficient (Wildman–Crippen LogP) is 2.60. The number of thiocarbonyl (C=S) groups is 1. The Kier molecular flexibility index (Phi) is 4.48. The fourth-order valence-electron chi connectivity index (χ4n) is 4.72. The van der Waals surface area contributed by atoms with E-state index in [9.17, 15) is 15.2 Å². The van der Waals surface area contributed by atoms with Crippen LogP contribution in [0.4, 0.5) is 0 Å². The van der Waals surface area contributed by atoms with E-state index in [-0.39, 0.29) is 23.7 Å². The number of aromatic hydroxyl groups is 1. The summed E-state index contributed by atoms with van der Waals surface area (Å²) in [6.07, 6.45) is 2.36. The third kappa shape index (κ3) is 2.82. The van der Waals surface area contributed by atoms with Crippen LogP contribution in [-0.2, 0) is 0 Å². The van der Waals surface area contributed by atoms with E-state index in [1.54, 1.807) is 35.0 Å². The minimum atomic E-state index is -0.282. The molecular weight excluding hydrogens is 412 g/mol. The van der Waals surface area contributed by atoms with Crippen LogP contribution in [0.2, 0.25) is 0 Å². The highest BCUT2D eigenvalue weighted by Gasteiger charge is 2.48. The van der Waals surface area contributed by atoms with Crippen LogP contribution in [0.1, 0.15) is 43.6 Å². The predicted molar refractivity (Wildman–Crippen MR) is 120 cm³/mol. The van der Waals surface area contributed by atoms with Crippen molar-refractivity contribution in [3.8, 4) is 17.6 Å². The first kappa shape index (κ1) is 19.6. The summed E-state index contributed by atoms with van der Waals surface area (Å²) < 4.78 is 3.02. The summed E-state index contributed by atoms with van der Waals surface area (Å²) in [6.45, 7) is 5.65. The molecular formula is C22H22N6O2S. The summed E-state index contributed by atoms with van der Waals surface area (Å²) >= 11 is 5.59. The molecule has 1 fully saturated rings. The number of imidazole rings is 1. The van der Waals surface area contributed by atoms with Crippen molar-refractivity contribution in [1.29, 1.82) is 5.26 Å². The topological polar surface area (TPSA) is 99.1 Å². The Labute approximate surface area is 184 Å². The second-order valence-corrected chi connectivity index (χ2v) is 8.86. The SMILES string of the molecule is CC(C)CNC(=S)N1C[C@H]2CC1c1c(O)n(-c3ccc(C#N)c4ncccc34)c(=O)n12. The first-order chi connectivity index (χ1) is 14.9. The van der Waals surface area contributed by atoms with E-state index in [1.165, 1.54) is 4.57 Å². The van der Waals surface area contributed by atoms with Gasteiger partial charge in [0.25, 0.3) is 0 Å². The molecule has 3 aromatic rings. The van der Waals surface area contributed by atoms with Gasteiger partial charge in [-0.15, -0.1) is 0 Å². The first-order valence-corrected chi connectivity index (χ1v) is 10.7. The lowest BCUT2D eigenvalue weighted by molar-refractivity contribution is 0.332. The largest absolute Gasteiger partial charge is 0.493 e. The molecule has 31 heavy (non-hydrogen) atoms. The molecule has 0 radical (unpaired) electrons. The molecule has 2 aromatic heterocycles. The van der Waals surface area contributed by atoms with E-state index in [4.69, 9.17) is 12.2 Å². The fraction of sp³-hybridized carbons (Fsp3) is 0.364. The first-order valence-electron chi connectivity index (χ1n) is 10.3. The Bertz CT molecular complexity index is 1320. The summed E-state index contributed by atoms with van der Waals surface area (Å²) in [7, 11) is 0. The molecule has 2 bridgehead atoms. The van der Waals surface area contributed by atoms with Crippen LogP contribution in [0.3, 0.4) is 0 Å². The van der Waals surface area contributed by atoms with E-state index in [2.05, 4.69) is 35.1 Å². The molecule has 9 heteroatoms. The van der Waals surface area contributed by atoms with Crippen molar-refractivity contribution in [2.45, 2.75) is 32.4 Å². The third-order valence-electron chi connectivity index (χ3n) is 6.09. The minimum Gasteiger partial charge on any atom is -0.493 e. The van der Waals surface area contributed by atoms with Gasteiger partial charge in [-0.05, 0) is 48.8 Å². The normalized spacial score (nSPS) is 19.1. The molecule has 5 rings (SSSR count). The minimum absolute atomic E-state index is 0.0405. The second-order valence-electron chi connectivity index (χ2n) is 8.48. The van der Waals surface area contributed by atoms with Crippen LogP contribution in [0.15, 0.2) is 35.3 Å². The number of pyridine rings is 1. The van der Waals surface area contributed by atoms with E-state index in [0.29, 0.717) is 45.4 Å². The fourth-order valence-corrected chi connectivity index (χ4v) is 5.01. The number of rotatable bonds is 3. The Morgan fingerprint density at radius 3 is 2.97 bits per heavy atom. The number of aromatic nitrogens is 3. The average Bonchev–Trinajstić information content (AvgIpc) is 3.43. The highest BCUT2D eigenvalue weighted by Crippen LogP contribution is 2.48. The standard InChI is InChI=1S/C22H22N6O2S/c1-12(2)10-25-21(31)26-11-14-8-17(26)19-20(29)28(22(30)27(14)19)16-6-5-13(9-23)18-15(16)4-3-7-24-18/h3-7,12,14,17,29H,8,10-11H2,1-2H3,(H,25,31)/t14-,17?/m1/s1. The molecule has 0 spiro atoms. The van der Waals surface area contributed by atoms with Gasteiger partial charge in [0, 0.05) is 24.7 Å². The number of likely N-dealkylation sites (tertiary alicyclic amines) is 1. The molecule has 158 valence electrons.